The summed E-state index contributed by atoms with van der Waals surface area (Å²) in [6.07, 6.45) is 1.45. The average Bonchev–Trinajstić information content (AvgIpc) is 2.29. The molecule has 0 spiro atoms. The van der Waals surface area contributed by atoms with Crippen LogP contribution in [0.15, 0.2) is 10.7 Å². The van der Waals surface area contributed by atoms with Gasteiger partial charge < -0.3 is 5.73 Å². The topological polar surface area (TPSA) is 90.0 Å². The molecule has 0 fully saturated rings. The molecule has 1 rings (SSSR count). The van der Waals surface area contributed by atoms with Crippen LogP contribution in [0.1, 0.15) is 10.5 Å². The first kappa shape index (κ1) is 9.72. The molecule has 13 heavy (non-hydrogen) atoms. The lowest BCUT2D eigenvalue weighted by Gasteiger charge is -2.01. The number of primary amides is 1. The summed E-state index contributed by atoms with van der Waals surface area (Å²) in [5, 5.41) is 5.74. The van der Waals surface area contributed by atoms with Crippen molar-refractivity contribution in [3.8, 4) is 0 Å². The van der Waals surface area contributed by atoms with E-state index in [1.165, 1.54) is 10.9 Å². The number of hydrogen-bond donors (Lipinski definition) is 2. The molecule has 7 heteroatoms. The van der Waals surface area contributed by atoms with E-state index in [0.717, 1.165) is 0 Å². The van der Waals surface area contributed by atoms with E-state index >= 15 is 0 Å². The van der Waals surface area contributed by atoms with Crippen LogP contribution in [-0.4, -0.2) is 21.7 Å². The fraction of sp³-hybridized carbons (Fsp3) is 0.167. The second-order valence-corrected chi connectivity index (χ2v) is 3.14. The van der Waals surface area contributed by atoms with Gasteiger partial charge in [0.15, 0.2) is 0 Å². The van der Waals surface area contributed by atoms with Gasteiger partial charge in [-0.2, -0.15) is 5.10 Å². The van der Waals surface area contributed by atoms with E-state index in [0.29, 0.717) is 4.47 Å². The molecule has 0 unspecified atom stereocenters. The van der Waals surface area contributed by atoms with E-state index < -0.39 is 11.9 Å². The molecule has 0 aliphatic rings. The third-order valence-electron chi connectivity index (χ3n) is 1.35. The van der Waals surface area contributed by atoms with Crippen LogP contribution in [0.3, 0.4) is 0 Å². The number of nitrogens with zero attached hydrogens (tertiary/aromatic N) is 2. The van der Waals surface area contributed by atoms with Crippen molar-refractivity contribution in [3.63, 3.8) is 0 Å². The Morgan fingerprint density at radius 3 is 2.69 bits per heavy atom. The zero-order valence-electron chi connectivity index (χ0n) is 6.74. The highest BCUT2D eigenvalue weighted by Gasteiger charge is 2.15. The minimum atomic E-state index is -0.891. The van der Waals surface area contributed by atoms with E-state index in [4.69, 9.17) is 5.73 Å². The Hall–Kier alpha value is -1.37. The molecule has 70 valence electrons. The number of carbonyl (C=O) groups is 2. The van der Waals surface area contributed by atoms with Crippen LogP contribution in [0, 0.1) is 0 Å². The monoisotopic (exact) mass is 246 g/mol. The Morgan fingerprint density at radius 1 is 1.69 bits per heavy atom. The van der Waals surface area contributed by atoms with Crippen LogP contribution in [0.2, 0.25) is 0 Å². The highest BCUT2D eigenvalue weighted by atomic mass is 79.9. The van der Waals surface area contributed by atoms with Gasteiger partial charge in [-0.1, -0.05) is 0 Å². The second-order valence-electron chi connectivity index (χ2n) is 2.28. The molecule has 0 aliphatic heterocycles. The van der Waals surface area contributed by atoms with E-state index in [9.17, 15) is 9.59 Å². The minimum absolute atomic E-state index is 0.249. The molecule has 0 aliphatic carbocycles. The highest BCUT2D eigenvalue weighted by molar-refractivity contribution is 9.10. The second kappa shape index (κ2) is 3.56. The minimum Gasteiger partial charge on any atom is -0.351 e. The average molecular weight is 247 g/mol. The maximum atomic E-state index is 11.3. The zero-order chi connectivity index (χ0) is 10.0. The largest absolute Gasteiger partial charge is 0.351 e. The molecular formula is C6H7BrN4O2. The van der Waals surface area contributed by atoms with E-state index in [-0.39, 0.29) is 5.69 Å². The summed E-state index contributed by atoms with van der Waals surface area (Å²) in [7, 11) is 1.58. The standard InChI is InChI=1S/C6H7BrN4O2/c1-11-4(3(7)2-9-11)5(12)10-6(8)13/h2H,1H3,(H3,8,10,12,13). The maximum Gasteiger partial charge on any atom is 0.319 e. The number of rotatable bonds is 1. The molecule has 1 heterocycles. The van der Waals surface area contributed by atoms with E-state index in [1.54, 1.807) is 7.05 Å². The third-order valence-corrected chi connectivity index (χ3v) is 1.93. The van der Waals surface area contributed by atoms with Gasteiger partial charge in [0.2, 0.25) is 0 Å². The van der Waals surface area contributed by atoms with Crippen LogP contribution in [0.4, 0.5) is 4.79 Å². The summed E-state index contributed by atoms with van der Waals surface area (Å²) < 4.78 is 1.84. The summed E-state index contributed by atoms with van der Waals surface area (Å²) in [5.41, 5.74) is 5.03. The Balaban J connectivity index is 2.94. The van der Waals surface area contributed by atoms with Gasteiger partial charge in [0, 0.05) is 7.05 Å². The lowest BCUT2D eigenvalue weighted by molar-refractivity contribution is 0.0956. The van der Waals surface area contributed by atoms with Crippen molar-refractivity contribution in [1.82, 2.24) is 15.1 Å². The van der Waals surface area contributed by atoms with Gasteiger partial charge in [-0.25, -0.2) is 4.79 Å². The Kier molecular flexibility index (Phi) is 2.66. The van der Waals surface area contributed by atoms with Crippen LogP contribution in [0.25, 0.3) is 0 Å². The third kappa shape index (κ3) is 2.05. The first-order valence-corrected chi connectivity index (χ1v) is 4.10. The van der Waals surface area contributed by atoms with Crippen molar-refractivity contribution in [3.05, 3.63) is 16.4 Å². The van der Waals surface area contributed by atoms with Crippen molar-refractivity contribution in [1.29, 1.82) is 0 Å². The van der Waals surface area contributed by atoms with Crippen LogP contribution in [-0.2, 0) is 7.05 Å². The molecular weight excluding hydrogens is 240 g/mol. The van der Waals surface area contributed by atoms with Crippen molar-refractivity contribution < 1.29 is 9.59 Å². The van der Waals surface area contributed by atoms with Crippen LogP contribution in [0.5, 0.6) is 0 Å². The molecule has 6 nitrogen and oxygen atoms in total. The number of nitrogens with one attached hydrogen (secondary N) is 1. The summed E-state index contributed by atoms with van der Waals surface area (Å²) >= 11 is 3.11. The normalized spacial score (nSPS) is 9.69. The number of aromatic nitrogens is 2. The molecule has 0 saturated carbocycles. The molecule has 0 saturated heterocycles. The number of aryl methyl sites for hydroxylation is 1. The number of carbonyl (C=O) groups excluding carboxylic acids is 2. The van der Waals surface area contributed by atoms with Gasteiger partial charge in [0.1, 0.15) is 5.69 Å². The van der Waals surface area contributed by atoms with Gasteiger partial charge in [0.25, 0.3) is 5.91 Å². The van der Waals surface area contributed by atoms with E-state index in [1.807, 2.05) is 5.32 Å². The number of nitrogens with two attached hydrogens (primary N) is 1. The maximum absolute atomic E-state index is 11.3. The molecule has 1 aromatic rings. The van der Waals surface area contributed by atoms with Crippen molar-refractivity contribution >= 4 is 27.9 Å². The smallest absolute Gasteiger partial charge is 0.319 e. The molecule has 0 radical (unpaired) electrons. The Morgan fingerprint density at radius 2 is 2.31 bits per heavy atom. The first-order valence-electron chi connectivity index (χ1n) is 3.30. The molecule has 0 atom stereocenters. The molecule has 0 aromatic carbocycles. The van der Waals surface area contributed by atoms with Gasteiger partial charge >= 0.3 is 6.03 Å². The predicted octanol–water partition coefficient (Wildman–Crippen LogP) is -0.00890. The molecule has 0 bridgehead atoms. The van der Waals surface area contributed by atoms with Crippen LogP contribution >= 0.6 is 15.9 Å². The summed E-state index contributed by atoms with van der Waals surface area (Å²) in [5.74, 6) is -0.584. The van der Waals surface area contributed by atoms with Gasteiger partial charge in [-0.15, -0.1) is 0 Å². The van der Waals surface area contributed by atoms with Crippen LogP contribution < -0.4 is 11.1 Å². The Labute approximate surface area is 82.2 Å². The SMILES string of the molecule is Cn1ncc(Br)c1C(=O)NC(N)=O. The number of amides is 3. The van der Waals surface area contributed by atoms with Gasteiger partial charge in [-0.3, -0.25) is 14.8 Å². The number of urea groups is 1. The molecule has 3 N–H and O–H groups in total. The highest BCUT2D eigenvalue weighted by Crippen LogP contribution is 2.14. The fourth-order valence-electron chi connectivity index (χ4n) is 0.837. The lowest BCUT2D eigenvalue weighted by atomic mass is 10.4. The summed E-state index contributed by atoms with van der Waals surface area (Å²) in [4.78, 5) is 21.6. The van der Waals surface area contributed by atoms with Gasteiger partial charge in [-0.05, 0) is 15.9 Å². The van der Waals surface area contributed by atoms with Crippen molar-refractivity contribution in [2.45, 2.75) is 0 Å². The molecule has 3 amide bonds. The van der Waals surface area contributed by atoms with Crippen molar-refractivity contribution in [2.24, 2.45) is 12.8 Å². The summed E-state index contributed by atoms with van der Waals surface area (Å²) in [6, 6.07) is -0.891. The lowest BCUT2D eigenvalue weighted by Crippen LogP contribution is -2.36. The van der Waals surface area contributed by atoms with Crippen molar-refractivity contribution in [2.75, 3.05) is 0 Å². The number of imide groups is 1. The quantitative estimate of drug-likeness (QED) is 0.731. The predicted molar refractivity (Wildman–Crippen MR) is 48.0 cm³/mol. The number of halogens is 1. The van der Waals surface area contributed by atoms with E-state index in [2.05, 4.69) is 21.0 Å². The Bertz CT molecular complexity index is 340. The first-order chi connectivity index (χ1) is 6.02. The fourth-order valence-corrected chi connectivity index (χ4v) is 1.37. The number of hydrogen-bond acceptors (Lipinski definition) is 3. The molecule has 1 aromatic heterocycles. The zero-order valence-corrected chi connectivity index (χ0v) is 8.33. The summed E-state index contributed by atoms with van der Waals surface area (Å²) in [6.45, 7) is 0. The van der Waals surface area contributed by atoms with Gasteiger partial charge in [0.05, 0.1) is 10.7 Å².